The van der Waals surface area contributed by atoms with Crippen molar-refractivity contribution in [3.63, 3.8) is 0 Å². The topological polar surface area (TPSA) is 169 Å². The van der Waals surface area contributed by atoms with Crippen LogP contribution in [-0.2, 0) is 31.8 Å². The molecule has 0 fully saturated rings. The van der Waals surface area contributed by atoms with Crippen molar-refractivity contribution >= 4 is 36.6 Å². The standard InChI is InChI=1S/C23H26N7O5P/c1-15(22(31)33-2)29-36(32,35-18-6-4-3-5-7-18)34-13-17-10-8-16(9-11-17)12-30-14-26-19-20(24)27-23(25)28-21(19)30/h3-11,14-15H,12-13H2,1-2H3,(H,29,32)(H4,24,25,27,28). The van der Waals surface area contributed by atoms with Crippen LogP contribution in [0, 0.1) is 0 Å². The zero-order valence-electron chi connectivity index (χ0n) is 19.7. The monoisotopic (exact) mass is 511 g/mol. The molecule has 0 bridgehead atoms. The molecule has 0 aliphatic rings. The highest BCUT2D eigenvalue weighted by Crippen LogP contribution is 2.45. The van der Waals surface area contributed by atoms with Crippen molar-refractivity contribution in [1.29, 1.82) is 0 Å². The van der Waals surface area contributed by atoms with Gasteiger partial charge < -0.3 is 25.3 Å². The summed E-state index contributed by atoms with van der Waals surface area (Å²) in [4.78, 5) is 24.3. The van der Waals surface area contributed by atoms with Crippen LogP contribution in [0.25, 0.3) is 11.2 Å². The molecule has 0 amide bonds. The van der Waals surface area contributed by atoms with Gasteiger partial charge >= 0.3 is 13.7 Å². The van der Waals surface area contributed by atoms with E-state index in [4.69, 9.17) is 25.3 Å². The number of benzene rings is 2. The number of nitrogens with one attached hydrogen (secondary N) is 1. The highest BCUT2D eigenvalue weighted by molar-refractivity contribution is 7.52. The van der Waals surface area contributed by atoms with E-state index in [-0.39, 0.29) is 18.4 Å². The van der Waals surface area contributed by atoms with Crippen LogP contribution in [0.4, 0.5) is 11.8 Å². The van der Waals surface area contributed by atoms with Gasteiger partial charge in [-0.2, -0.15) is 15.1 Å². The van der Waals surface area contributed by atoms with E-state index in [9.17, 15) is 9.36 Å². The quantitative estimate of drug-likeness (QED) is 0.211. The largest absolute Gasteiger partial charge is 0.468 e. The molecule has 13 heteroatoms. The molecule has 2 aromatic carbocycles. The highest BCUT2D eigenvalue weighted by atomic mass is 31.2. The van der Waals surface area contributed by atoms with Crippen LogP contribution in [0.2, 0.25) is 0 Å². The summed E-state index contributed by atoms with van der Waals surface area (Å²) in [6.45, 7) is 1.96. The summed E-state index contributed by atoms with van der Waals surface area (Å²) in [5.74, 6) is 0.0339. The van der Waals surface area contributed by atoms with Crippen molar-refractivity contribution in [3.8, 4) is 5.75 Å². The van der Waals surface area contributed by atoms with Gasteiger partial charge in [0, 0.05) is 0 Å². The summed E-state index contributed by atoms with van der Waals surface area (Å²) >= 11 is 0. The number of rotatable bonds is 10. The molecule has 4 rings (SSSR count). The van der Waals surface area contributed by atoms with Crippen molar-refractivity contribution in [1.82, 2.24) is 24.6 Å². The molecule has 0 saturated heterocycles. The number of fused-ring (bicyclic) bond motifs is 1. The number of hydrogen-bond donors (Lipinski definition) is 3. The molecule has 12 nitrogen and oxygen atoms in total. The number of nitrogens with two attached hydrogens (primary N) is 2. The van der Waals surface area contributed by atoms with Gasteiger partial charge in [-0.05, 0) is 30.2 Å². The molecule has 0 radical (unpaired) electrons. The Kier molecular flexibility index (Phi) is 7.49. The average molecular weight is 511 g/mol. The lowest BCUT2D eigenvalue weighted by atomic mass is 10.1. The third kappa shape index (κ3) is 5.98. The number of anilines is 2. The molecule has 36 heavy (non-hydrogen) atoms. The Labute approximate surface area is 207 Å². The molecule has 5 N–H and O–H groups in total. The fraction of sp³-hybridized carbons (Fsp3) is 0.217. The van der Waals surface area contributed by atoms with E-state index in [1.54, 1.807) is 36.7 Å². The Hall–Kier alpha value is -3.99. The second-order valence-electron chi connectivity index (χ2n) is 7.88. The number of hydrogen-bond acceptors (Lipinski definition) is 10. The van der Waals surface area contributed by atoms with Crippen molar-refractivity contribution in [3.05, 3.63) is 72.1 Å². The van der Waals surface area contributed by atoms with E-state index < -0.39 is 19.8 Å². The van der Waals surface area contributed by atoms with E-state index in [1.807, 2.05) is 28.8 Å². The van der Waals surface area contributed by atoms with Gasteiger partial charge in [-0.15, -0.1) is 0 Å². The summed E-state index contributed by atoms with van der Waals surface area (Å²) in [5, 5.41) is 2.62. The second kappa shape index (κ2) is 10.7. The molecule has 0 aliphatic heterocycles. The molecule has 0 aliphatic carbocycles. The summed E-state index contributed by atoms with van der Waals surface area (Å²) < 4.78 is 31.2. The maximum absolute atomic E-state index is 13.4. The summed E-state index contributed by atoms with van der Waals surface area (Å²) in [6, 6.07) is 15.1. The van der Waals surface area contributed by atoms with E-state index >= 15 is 0 Å². The van der Waals surface area contributed by atoms with E-state index in [0.717, 1.165) is 11.1 Å². The van der Waals surface area contributed by atoms with Gasteiger partial charge in [-0.25, -0.2) is 9.55 Å². The van der Waals surface area contributed by atoms with Crippen molar-refractivity contribution in [2.45, 2.75) is 26.1 Å². The number of para-hydroxylation sites is 1. The van der Waals surface area contributed by atoms with Gasteiger partial charge in [0.25, 0.3) is 0 Å². The lowest BCUT2D eigenvalue weighted by Crippen LogP contribution is -2.34. The van der Waals surface area contributed by atoms with Crippen LogP contribution in [0.3, 0.4) is 0 Å². The predicted molar refractivity (Wildman–Crippen MR) is 134 cm³/mol. The first-order valence-corrected chi connectivity index (χ1v) is 12.5. The molecule has 188 valence electrons. The Balaban J connectivity index is 1.46. The number of nitrogen functional groups attached to an aromatic ring is 2. The minimum absolute atomic E-state index is 0.0282. The minimum atomic E-state index is -3.93. The number of carbonyl (C=O) groups excluding carboxylic acids is 1. The summed E-state index contributed by atoms with van der Waals surface area (Å²) in [7, 11) is -2.68. The summed E-state index contributed by atoms with van der Waals surface area (Å²) in [5.41, 5.74) is 14.3. The molecule has 0 spiro atoms. The van der Waals surface area contributed by atoms with Crippen LogP contribution in [0.5, 0.6) is 5.75 Å². The third-order valence-electron chi connectivity index (χ3n) is 5.16. The van der Waals surface area contributed by atoms with Crippen molar-refractivity contribution in [2.24, 2.45) is 0 Å². The number of aromatic nitrogens is 4. The van der Waals surface area contributed by atoms with Crippen LogP contribution >= 0.6 is 7.75 Å². The van der Waals surface area contributed by atoms with Gasteiger partial charge in [-0.3, -0.25) is 9.32 Å². The molecule has 2 heterocycles. The van der Waals surface area contributed by atoms with Gasteiger partial charge in [0.05, 0.1) is 26.6 Å². The summed E-state index contributed by atoms with van der Waals surface area (Å²) in [6.07, 6.45) is 1.62. The second-order valence-corrected chi connectivity index (χ2v) is 9.57. The number of ether oxygens (including phenoxy) is 1. The number of nitrogens with zero attached hydrogens (tertiary/aromatic N) is 4. The zero-order valence-corrected chi connectivity index (χ0v) is 20.6. The third-order valence-corrected chi connectivity index (χ3v) is 6.78. The first kappa shape index (κ1) is 25.1. The van der Waals surface area contributed by atoms with Gasteiger partial charge in [0.2, 0.25) is 5.95 Å². The fourth-order valence-corrected chi connectivity index (χ4v) is 4.85. The maximum Gasteiger partial charge on any atom is 0.459 e. The van der Waals surface area contributed by atoms with E-state index in [1.165, 1.54) is 14.0 Å². The van der Waals surface area contributed by atoms with E-state index in [2.05, 4.69) is 20.0 Å². The first-order valence-electron chi connectivity index (χ1n) is 10.9. The molecule has 2 aromatic heterocycles. The fourth-order valence-electron chi connectivity index (χ4n) is 3.37. The lowest BCUT2D eigenvalue weighted by Gasteiger charge is -2.22. The first-order chi connectivity index (χ1) is 17.3. The highest BCUT2D eigenvalue weighted by Gasteiger charge is 2.32. The Morgan fingerprint density at radius 1 is 1.08 bits per heavy atom. The number of imidazole rings is 1. The average Bonchev–Trinajstić information content (AvgIpc) is 3.26. The van der Waals surface area contributed by atoms with Gasteiger partial charge in [0.1, 0.15) is 17.3 Å². The van der Waals surface area contributed by atoms with Crippen LogP contribution in [0.1, 0.15) is 18.1 Å². The number of esters is 1. The predicted octanol–water partition coefficient (Wildman–Crippen LogP) is 2.89. The van der Waals surface area contributed by atoms with Gasteiger partial charge in [-0.1, -0.05) is 42.5 Å². The van der Waals surface area contributed by atoms with Crippen LogP contribution in [0.15, 0.2) is 60.9 Å². The Bertz CT molecular complexity index is 1400. The lowest BCUT2D eigenvalue weighted by molar-refractivity contribution is -0.142. The number of carbonyl (C=O) groups is 1. The maximum atomic E-state index is 13.4. The van der Waals surface area contributed by atoms with Crippen molar-refractivity contribution < 1.29 is 23.1 Å². The van der Waals surface area contributed by atoms with Gasteiger partial charge in [0.15, 0.2) is 11.5 Å². The molecular formula is C23H26N7O5P. The van der Waals surface area contributed by atoms with Crippen LogP contribution in [-0.4, -0.2) is 38.6 Å². The minimum Gasteiger partial charge on any atom is -0.468 e. The normalized spacial score (nSPS) is 13.7. The van der Waals surface area contributed by atoms with Crippen LogP contribution < -0.4 is 21.1 Å². The molecule has 0 saturated carbocycles. The SMILES string of the molecule is COC(=O)C(C)NP(=O)(OCc1ccc(Cn2cnc3c(N)nc(N)nc32)cc1)Oc1ccccc1. The molecule has 2 atom stereocenters. The number of methoxy groups -OCH3 is 1. The van der Waals surface area contributed by atoms with E-state index in [0.29, 0.717) is 23.5 Å². The smallest absolute Gasteiger partial charge is 0.459 e. The Morgan fingerprint density at radius 2 is 1.78 bits per heavy atom. The molecule has 4 aromatic rings. The molecule has 2 unspecified atom stereocenters. The zero-order chi connectivity index (χ0) is 25.7. The molecular weight excluding hydrogens is 485 g/mol. The Morgan fingerprint density at radius 3 is 2.47 bits per heavy atom. The van der Waals surface area contributed by atoms with Crippen molar-refractivity contribution in [2.75, 3.05) is 18.6 Å².